The molecule has 6 heteroatoms. The van der Waals surface area contributed by atoms with Gasteiger partial charge in [0.25, 0.3) is 0 Å². The predicted molar refractivity (Wildman–Crippen MR) is 98.4 cm³/mol. The lowest BCUT2D eigenvalue weighted by Gasteiger charge is -2.16. The smallest absolute Gasteiger partial charge is 0.203 e. The monoisotopic (exact) mass is 337 g/mol. The van der Waals surface area contributed by atoms with Crippen molar-refractivity contribution < 1.29 is 14.2 Å². The quantitative estimate of drug-likeness (QED) is 0.412. The molecule has 0 atom stereocenters. The lowest BCUT2D eigenvalue weighted by Crippen LogP contribution is -2.37. The zero-order valence-electron chi connectivity index (χ0n) is 15.7. The van der Waals surface area contributed by atoms with Crippen LogP contribution in [0.3, 0.4) is 0 Å². The molecule has 0 aliphatic carbocycles. The van der Waals surface area contributed by atoms with Crippen molar-refractivity contribution in [2.45, 2.75) is 33.2 Å². The molecule has 0 heterocycles. The summed E-state index contributed by atoms with van der Waals surface area (Å²) in [7, 11) is 6.60. The Morgan fingerprint density at radius 3 is 2.12 bits per heavy atom. The number of hydrogen-bond acceptors (Lipinski definition) is 4. The van der Waals surface area contributed by atoms with E-state index in [1.807, 2.05) is 12.1 Å². The number of ether oxygens (including phenoxy) is 3. The Morgan fingerprint density at radius 1 is 1.04 bits per heavy atom. The minimum Gasteiger partial charge on any atom is -0.493 e. The summed E-state index contributed by atoms with van der Waals surface area (Å²) in [6, 6.07) is 3.86. The van der Waals surface area contributed by atoms with Crippen LogP contribution in [-0.2, 0) is 6.54 Å². The fraction of sp³-hybridized carbons (Fsp3) is 0.611. The number of hydrogen-bond donors (Lipinski definition) is 2. The van der Waals surface area contributed by atoms with Crippen molar-refractivity contribution in [1.29, 1.82) is 0 Å². The van der Waals surface area contributed by atoms with E-state index in [1.165, 1.54) is 6.42 Å². The molecule has 0 bridgehead atoms. The van der Waals surface area contributed by atoms with Gasteiger partial charge >= 0.3 is 0 Å². The highest BCUT2D eigenvalue weighted by atomic mass is 16.5. The van der Waals surface area contributed by atoms with Crippen LogP contribution in [0.1, 0.15) is 32.3 Å². The van der Waals surface area contributed by atoms with Crippen molar-refractivity contribution in [2.24, 2.45) is 10.9 Å². The molecule has 136 valence electrons. The molecule has 0 amide bonds. The van der Waals surface area contributed by atoms with Crippen molar-refractivity contribution in [3.63, 3.8) is 0 Å². The average molecular weight is 337 g/mol. The van der Waals surface area contributed by atoms with Crippen molar-refractivity contribution in [1.82, 2.24) is 10.6 Å². The third-order valence-corrected chi connectivity index (χ3v) is 3.66. The van der Waals surface area contributed by atoms with Gasteiger partial charge in [-0.05, 0) is 36.5 Å². The largest absolute Gasteiger partial charge is 0.493 e. The Hall–Kier alpha value is -2.11. The average Bonchev–Trinajstić information content (AvgIpc) is 2.59. The predicted octanol–water partition coefficient (Wildman–Crippen LogP) is 2.81. The van der Waals surface area contributed by atoms with Gasteiger partial charge in [-0.25, -0.2) is 0 Å². The summed E-state index contributed by atoms with van der Waals surface area (Å²) in [5, 5.41) is 6.63. The van der Waals surface area contributed by atoms with E-state index in [2.05, 4.69) is 29.5 Å². The highest BCUT2D eigenvalue weighted by Crippen LogP contribution is 2.38. The van der Waals surface area contributed by atoms with E-state index < -0.39 is 0 Å². The summed E-state index contributed by atoms with van der Waals surface area (Å²) in [5.41, 5.74) is 1.02. The standard InChI is InChI=1S/C18H31N3O3/c1-13(2)8-7-9-20-18(19-3)21-12-14-10-15(22-4)17(24-6)16(11-14)23-5/h10-11,13H,7-9,12H2,1-6H3,(H2,19,20,21). The van der Waals surface area contributed by atoms with Crippen LogP contribution >= 0.6 is 0 Å². The summed E-state index contributed by atoms with van der Waals surface area (Å²) in [6.45, 7) is 5.99. The van der Waals surface area contributed by atoms with Crippen LogP contribution in [0.4, 0.5) is 0 Å². The first-order chi connectivity index (χ1) is 11.5. The molecular weight excluding hydrogens is 306 g/mol. The van der Waals surface area contributed by atoms with Crippen LogP contribution in [0.25, 0.3) is 0 Å². The Kier molecular flexibility index (Phi) is 8.83. The molecule has 0 aliphatic rings. The molecule has 24 heavy (non-hydrogen) atoms. The summed E-state index contributed by atoms with van der Waals surface area (Å²) < 4.78 is 16.1. The minimum absolute atomic E-state index is 0.597. The summed E-state index contributed by atoms with van der Waals surface area (Å²) >= 11 is 0. The zero-order valence-corrected chi connectivity index (χ0v) is 15.7. The van der Waals surface area contributed by atoms with Crippen LogP contribution in [0.5, 0.6) is 17.2 Å². The second-order valence-electron chi connectivity index (χ2n) is 5.92. The molecule has 0 aliphatic heterocycles. The van der Waals surface area contributed by atoms with E-state index in [1.54, 1.807) is 28.4 Å². The first-order valence-electron chi connectivity index (χ1n) is 8.29. The molecule has 0 aromatic heterocycles. The number of nitrogens with one attached hydrogen (secondary N) is 2. The molecule has 0 fully saturated rings. The lowest BCUT2D eigenvalue weighted by atomic mass is 10.1. The van der Waals surface area contributed by atoms with Crippen molar-refractivity contribution in [3.05, 3.63) is 17.7 Å². The normalized spacial score (nSPS) is 11.4. The molecule has 2 N–H and O–H groups in total. The summed E-state index contributed by atoms with van der Waals surface area (Å²) in [4.78, 5) is 4.25. The number of guanidine groups is 1. The van der Waals surface area contributed by atoms with Crippen LogP contribution < -0.4 is 24.8 Å². The van der Waals surface area contributed by atoms with Crippen LogP contribution in [0.15, 0.2) is 17.1 Å². The van der Waals surface area contributed by atoms with Gasteiger partial charge in [-0.15, -0.1) is 0 Å². The Morgan fingerprint density at radius 2 is 1.67 bits per heavy atom. The van der Waals surface area contributed by atoms with E-state index in [-0.39, 0.29) is 0 Å². The molecule has 1 rings (SSSR count). The number of rotatable bonds is 9. The van der Waals surface area contributed by atoms with Gasteiger partial charge in [-0.1, -0.05) is 13.8 Å². The topological polar surface area (TPSA) is 64.1 Å². The third kappa shape index (κ3) is 6.18. The Balaban J connectivity index is 2.65. The van der Waals surface area contributed by atoms with Crippen LogP contribution in [0, 0.1) is 5.92 Å². The van der Waals surface area contributed by atoms with Crippen LogP contribution in [-0.4, -0.2) is 40.9 Å². The first kappa shape index (κ1) is 19.9. The minimum atomic E-state index is 0.597. The van der Waals surface area contributed by atoms with Gasteiger partial charge < -0.3 is 24.8 Å². The molecule has 0 spiro atoms. The number of benzene rings is 1. The SMILES string of the molecule is CN=C(NCCCC(C)C)NCc1cc(OC)c(OC)c(OC)c1. The van der Waals surface area contributed by atoms with Gasteiger partial charge in [0.05, 0.1) is 21.3 Å². The molecule has 0 unspecified atom stereocenters. The molecular formula is C18H31N3O3. The highest BCUT2D eigenvalue weighted by Gasteiger charge is 2.13. The van der Waals surface area contributed by atoms with E-state index in [0.717, 1.165) is 30.4 Å². The number of methoxy groups -OCH3 is 3. The Bertz CT molecular complexity index is 505. The van der Waals surface area contributed by atoms with Gasteiger partial charge in [0.2, 0.25) is 5.75 Å². The molecule has 0 radical (unpaired) electrons. The number of nitrogens with zero attached hydrogens (tertiary/aromatic N) is 1. The highest BCUT2D eigenvalue weighted by molar-refractivity contribution is 5.79. The van der Waals surface area contributed by atoms with E-state index >= 15 is 0 Å². The second-order valence-corrected chi connectivity index (χ2v) is 5.92. The molecule has 1 aromatic carbocycles. The van der Waals surface area contributed by atoms with Gasteiger partial charge in [0.15, 0.2) is 17.5 Å². The van der Waals surface area contributed by atoms with Crippen LogP contribution in [0.2, 0.25) is 0 Å². The van der Waals surface area contributed by atoms with Gasteiger partial charge in [-0.3, -0.25) is 4.99 Å². The van der Waals surface area contributed by atoms with E-state index in [4.69, 9.17) is 14.2 Å². The van der Waals surface area contributed by atoms with E-state index in [0.29, 0.717) is 23.8 Å². The maximum atomic E-state index is 5.38. The number of aliphatic imine (C=N–C) groups is 1. The molecule has 1 aromatic rings. The van der Waals surface area contributed by atoms with Crippen molar-refractivity contribution in [2.75, 3.05) is 34.9 Å². The maximum absolute atomic E-state index is 5.38. The van der Waals surface area contributed by atoms with E-state index in [9.17, 15) is 0 Å². The zero-order chi connectivity index (χ0) is 17.9. The molecule has 0 saturated carbocycles. The van der Waals surface area contributed by atoms with Crippen molar-refractivity contribution >= 4 is 5.96 Å². The Labute approximate surface area is 145 Å². The fourth-order valence-electron chi connectivity index (χ4n) is 2.36. The first-order valence-corrected chi connectivity index (χ1v) is 8.29. The molecule has 0 saturated heterocycles. The fourth-order valence-corrected chi connectivity index (χ4v) is 2.36. The maximum Gasteiger partial charge on any atom is 0.203 e. The van der Waals surface area contributed by atoms with Gasteiger partial charge in [0, 0.05) is 20.1 Å². The third-order valence-electron chi connectivity index (χ3n) is 3.66. The van der Waals surface area contributed by atoms with Crippen molar-refractivity contribution in [3.8, 4) is 17.2 Å². The summed E-state index contributed by atoms with van der Waals surface area (Å²) in [6.07, 6.45) is 2.33. The second kappa shape index (κ2) is 10.6. The van der Waals surface area contributed by atoms with Gasteiger partial charge in [0.1, 0.15) is 0 Å². The van der Waals surface area contributed by atoms with Gasteiger partial charge in [-0.2, -0.15) is 0 Å². The summed E-state index contributed by atoms with van der Waals surface area (Å²) in [5.74, 6) is 3.40. The molecule has 6 nitrogen and oxygen atoms in total. The lowest BCUT2D eigenvalue weighted by molar-refractivity contribution is 0.323.